The van der Waals surface area contributed by atoms with Gasteiger partial charge in [-0.25, -0.2) is 0 Å². The molecule has 8 nitrogen and oxygen atoms in total. The summed E-state index contributed by atoms with van der Waals surface area (Å²) in [6, 6.07) is 0. The molecular formula is C12H28N2O6S2. The SMILES string of the molecule is CN(CCN(C)CC(C)(C)S(=O)(=O)O)CC(C)(C)S(=O)(=O)O. The van der Waals surface area contributed by atoms with E-state index >= 15 is 0 Å². The Bertz CT molecular complexity index is 516. The molecule has 0 aromatic carbocycles. The summed E-state index contributed by atoms with van der Waals surface area (Å²) in [5.74, 6) is 0. The van der Waals surface area contributed by atoms with Crippen LogP contribution in [0.4, 0.5) is 0 Å². The molecule has 0 fully saturated rings. The Morgan fingerprint density at radius 2 is 0.955 bits per heavy atom. The van der Waals surface area contributed by atoms with Gasteiger partial charge in [-0.2, -0.15) is 16.8 Å². The summed E-state index contributed by atoms with van der Waals surface area (Å²) in [6.07, 6.45) is 0. The third-order valence-corrected chi connectivity index (χ3v) is 6.61. The lowest BCUT2D eigenvalue weighted by Gasteiger charge is -2.31. The highest BCUT2D eigenvalue weighted by molar-refractivity contribution is 7.87. The molecule has 0 aliphatic heterocycles. The quantitative estimate of drug-likeness (QED) is 0.560. The van der Waals surface area contributed by atoms with Crippen molar-refractivity contribution in [2.45, 2.75) is 37.2 Å². The van der Waals surface area contributed by atoms with Crippen LogP contribution in [0.5, 0.6) is 0 Å². The zero-order chi connectivity index (χ0) is 18.0. The van der Waals surface area contributed by atoms with Crippen molar-refractivity contribution < 1.29 is 25.9 Å². The van der Waals surface area contributed by atoms with E-state index in [0.717, 1.165) is 0 Å². The second kappa shape index (κ2) is 7.10. The molecule has 0 spiro atoms. The average molecular weight is 360 g/mol. The predicted molar refractivity (Wildman–Crippen MR) is 86.2 cm³/mol. The van der Waals surface area contributed by atoms with Crippen molar-refractivity contribution >= 4 is 20.2 Å². The first-order valence-electron chi connectivity index (χ1n) is 6.81. The Morgan fingerprint density at radius 3 is 1.14 bits per heavy atom. The maximum Gasteiger partial charge on any atom is 0.271 e. The summed E-state index contributed by atoms with van der Waals surface area (Å²) in [6.45, 7) is 6.98. The van der Waals surface area contributed by atoms with Crippen LogP contribution in [0.25, 0.3) is 0 Å². The van der Waals surface area contributed by atoms with E-state index in [1.54, 1.807) is 23.9 Å². The Labute approximate surface area is 134 Å². The van der Waals surface area contributed by atoms with Crippen LogP contribution in [0.15, 0.2) is 0 Å². The topological polar surface area (TPSA) is 115 Å². The van der Waals surface area contributed by atoms with Crippen molar-refractivity contribution in [3.05, 3.63) is 0 Å². The van der Waals surface area contributed by atoms with Crippen LogP contribution in [0.3, 0.4) is 0 Å². The first-order chi connectivity index (χ1) is 9.49. The van der Waals surface area contributed by atoms with Crippen molar-refractivity contribution in [1.29, 1.82) is 0 Å². The van der Waals surface area contributed by atoms with Crippen molar-refractivity contribution in [2.24, 2.45) is 0 Å². The minimum Gasteiger partial charge on any atom is -0.303 e. The van der Waals surface area contributed by atoms with Crippen LogP contribution in [-0.4, -0.2) is 85.5 Å². The van der Waals surface area contributed by atoms with E-state index in [0.29, 0.717) is 13.1 Å². The third kappa shape index (κ3) is 6.47. The zero-order valence-electron chi connectivity index (χ0n) is 14.1. The fraction of sp³-hybridized carbons (Fsp3) is 1.00. The normalized spacial score (nSPS) is 14.8. The molecule has 0 aliphatic rings. The Morgan fingerprint density at radius 1 is 0.727 bits per heavy atom. The first-order valence-corrected chi connectivity index (χ1v) is 9.69. The monoisotopic (exact) mass is 360 g/mol. The molecule has 0 bridgehead atoms. The van der Waals surface area contributed by atoms with E-state index in [4.69, 9.17) is 9.11 Å². The predicted octanol–water partition coefficient (Wildman–Crippen LogP) is 0.183. The maximum atomic E-state index is 11.2. The molecule has 0 atom stereocenters. The zero-order valence-corrected chi connectivity index (χ0v) is 15.7. The van der Waals surface area contributed by atoms with Crippen LogP contribution in [-0.2, 0) is 20.2 Å². The smallest absolute Gasteiger partial charge is 0.271 e. The summed E-state index contributed by atoms with van der Waals surface area (Å²) in [5, 5.41) is 0. The number of hydrogen-bond acceptors (Lipinski definition) is 6. The minimum atomic E-state index is -4.15. The highest BCUT2D eigenvalue weighted by atomic mass is 32.2. The Hall–Kier alpha value is -0.260. The summed E-state index contributed by atoms with van der Waals surface area (Å²) in [7, 11) is -4.87. The molecule has 0 aromatic heterocycles. The largest absolute Gasteiger partial charge is 0.303 e. The summed E-state index contributed by atoms with van der Waals surface area (Å²) in [4.78, 5) is 3.48. The number of likely N-dealkylation sites (N-methyl/N-ethyl adjacent to an activating group) is 2. The van der Waals surface area contributed by atoms with E-state index in [-0.39, 0.29) is 13.1 Å². The van der Waals surface area contributed by atoms with Gasteiger partial charge in [0.05, 0.1) is 0 Å². The fourth-order valence-corrected chi connectivity index (χ4v) is 2.73. The van der Waals surface area contributed by atoms with E-state index in [1.165, 1.54) is 27.7 Å². The number of nitrogens with zero attached hydrogens (tertiary/aromatic N) is 2. The van der Waals surface area contributed by atoms with Crippen LogP contribution in [0, 0.1) is 0 Å². The van der Waals surface area contributed by atoms with Crippen LogP contribution in [0.1, 0.15) is 27.7 Å². The Balaban J connectivity index is 4.53. The maximum absolute atomic E-state index is 11.2. The van der Waals surface area contributed by atoms with E-state index in [9.17, 15) is 16.8 Å². The number of rotatable bonds is 9. The average Bonchev–Trinajstić information content (AvgIpc) is 2.21. The van der Waals surface area contributed by atoms with Gasteiger partial charge in [-0.15, -0.1) is 0 Å². The molecule has 0 unspecified atom stereocenters. The summed E-state index contributed by atoms with van der Waals surface area (Å²) < 4.78 is 60.7. The second-order valence-corrected chi connectivity index (χ2v) is 11.1. The molecule has 0 saturated carbocycles. The van der Waals surface area contributed by atoms with Gasteiger partial charge in [0.15, 0.2) is 0 Å². The van der Waals surface area contributed by atoms with Crippen LogP contribution in [0.2, 0.25) is 0 Å². The van der Waals surface area contributed by atoms with Gasteiger partial charge in [0.1, 0.15) is 9.49 Å². The Kier molecular flexibility index (Phi) is 7.02. The molecule has 0 saturated heterocycles. The molecule has 0 aromatic rings. The van der Waals surface area contributed by atoms with Gasteiger partial charge in [-0.3, -0.25) is 9.11 Å². The molecule has 0 aliphatic carbocycles. The summed E-state index contributed by atoms with van der Waals surface area (Å²) in [5.41, 5.74) is 0. The van der Waals surface area contributed by atoms with E-state index in [1.807, 2.05) is 0 Å². The lowest BCUT2D eigenvalue weighted by Crippen LogP contribution is -2.47. The van der Waals surface area contributed by atoms with Gasteiger partial charge in [-0.05, 0) is 41.8 Å². The molecule has 10 heteroatoms. The molecule has 0 radical (unpaired) electrons. The van der Waals surface area contributed by atoms with Crippen LogP contribution < -0.4 is 0 Å². The van der Waals surface area contributed by atoms with Gasteiger partial charge in [0, 0.05) is 26.2 Å². The highest BCUT2D eigenvalue weighted by Crippen LogP contribution is 2.17. The van der Waals surface area contributed by atoms with Crippen LogP contribution >= 0.6 is 0 Å². The molecular weight excluding hydrogens is 332 g/mol. The van der Waals surface area contributed by atoms with E-state index in [2.05, 4.69) is 0 Å². The van der Waals surface area contributed by atoms with Crippen molar-refractivity contribution in [3.8, 4) is 0 Å². The number of hydrogen-bond donors (Lipinski definition) is 2. The van der Waals surface area contributed by atoms with E-state index < -0.39 is 29.7 Å². The van der Waals surface area contributed by atoms with Crippen molar-refractivity contribution in [1.82, 2.24) is 9.80 Å². The fourth-order valence-electron chi connectivity index (χ4n) is 1.96. The van der Waals surface area contributed by atoms with Gasteiger partial charge in [0.25, 0.3) is 20.2 Å². The standard InChI is InChI=1S/C12H28N2O6S2/c1-11(2,21(15,16)17)9-13(5)7-8-14(6)10-12(3,4)22(18,19)20/h7-10H2,1-6H3,(H,15,16,17)(H,18,19,20). The van der Waals surface area contributed by atoms with Gasteiger partial charge >= 0.3 is 0 Å². The third-order valence-electron chi connectivity index (χ3n) is 3.56. The molecule has 2 N–H and O–H groups in total. The highest BCUT2D eigenvalue weighted by Gasteiger charge is 2.35. The van der Waals surface area contributed by atoms with Gasteiger partial charge in [0.2, 0.25) is 0 Å². The van der Waals surface area contributed by atoms with Gasteiger partial charge in [-0.1, -0.05) is 0 Å². The lowest BCUT2D eigenvalue weighted by atomic mass is 10.2. The molecule has 0 amide bonds. The first kappa shape index (κ1) is 21.7. The molecule has 0 rings (SSSR count). The van der Waals surface area contributed by atoms with Crippen molar-refractivity contribution in [2.75, 3.05) is 40.3 Å². The van der Waals surface area contributed by atoms with Gasteiger partial charge < -0.3 is 9.80 Å². The second-order valence-electron chi connectivity index (χ2n) is 6.95. The molecule has 134 valence electrons. The minimum absolute atomic E-state index is 0.140. The van der Waals surface area contributed by atoms with Crippen molar-refractivity contribution in [3.63, 3.8) is 0 Å². The summed E-state index contributed by atoms with van der Waals surface area (Å²) >= 11 is 0. The molecule has 0 heterocycles. The molecule has 22 heavy (non-hydrogen) atoms. The lowest BCUT2D eigenvalue weighted by molar-refractivity contribution is 0.228.